The van der Waals surface area contributed by atoms with Gasteiger partial charge in [-0.05, 0) is 53.3 Å². The molecule has 0 aliphatic carbocycles. The van der Waals surface area contributed by atoms with Crippen LogP contribution in [0.4, 0.5) is 5.69 Å². The maximum atomic E-state index is 13.1. The lowest BCUT2D eigenvalue weighted by Gasteiger charge is -2.19. The van der Waals surface area contributed by atoms with Gasteiger partial charge in [-0.3, -0.25) is 9.35 Å². The van der Waals surface area contributed by atoms with Crippen molar-refractivity contribution in [2.75, 3.05) is 11.4 Å². The van der Waals surface area contributed by atoms with Crippen LogP contribution in [0.2, 0.25) is 0 Å². The predicted octanol–water partition coefficient (Wildman–Crippen LogP) is 5.65. The molecule has 0 aliphatic rings. The number of imidazole rings is 1. The number of thiophene rings is 1. The Hall–Kier alpha value is -4.19. The molecule has 0 saturated heterocycles. The quantitative estimate of drug-likeness (QED) is 0.188. The lowest BCUT2D eigenvalue weighted by Crippen LogP contribution is -2.32. The number of aryl methyl sites for hydroxylation is 2. The molecule has 0 spiro atoms. The Morgan fingerprint density at radius 1 is 1.07 bits per heavy atom. The normalized spacial score (nSPS) is 11.9. The number of rotatable bonds is 8. The summed E-state index contributed by atoms with van der Waals surface area (Å²) in [7, 11) is 1.33. The van der Waals surface area contributed by atoms with Gasteiger partial charge in [0.2, 0.25) is 0 Å². The summed E-state index contributed by atoms with van der Waals surface area (Å²) in [6, 6.07) is 19.5. The molecule has 204 valence electrons. The van der Waals surface area contributed by atoms with E-state index in [9.17, 15) is 18.4 Å². The van der Waals surface area contributed by atoms with E-state index in [-0.39, 0.29) is 5.69 Å². The van der Waals surface area contributed by atoms with E-state index in [1.165, 1.54) is 18.4 Å². The fraction of sp³-hybridized carbons (Fsp3) is 0.172. The first-order valence-electron chi connectivity index (χ1n) is 12.4. The molecule has 1 amide bonds. The molecule has 2 aromatic carbocycles. The minimum atomic E-state index is -2.56. The summed E-state index contributed by atoms with van der Waals surface area (Å²) in [6.45, 7) is 4.39. The van der Waals surface area contributed by atoms with Crippen LogP contribution < -0.4 is 4.31 Å². The van der Waals surface area contributed by atoms with E-state index in [0.717, 1.165) is 32.3 Å². The fourth-order valence-electron chi connectivity index (χ4n) is 4.52. The van der Waals surface area contributed by atoms with E-state index in [0.29, 0.717) is 34.7 Å². The Morgan fingerprint density at radius 3 is 2.45 bits per heavy atom. The lowest BCUT2D eigenvalue weighted by molar-refractivity contribution is 0.0594. The summed E-state index contributed by atoms with van der Waals surface area (Å²) in [5.41, 5.74) is 4.88. The minimum Gasteiger partial charge on any atom is -0.464 e. The van der Waals surface area contributed by atoms with Crippen LogP contribution in [0.5, 0.6) is 0 Å². The molecule has 11 heteroatoms. The van der Waals surface area contributed by atoms with Crippen molar-refractivity contribution in [3.05, 3.63) is 100 Å². The Labute approximate surface area is 237 Å². The number of amides is 1. The van der Waals surface area contributed by atoms with E-state index in [4.69, 9.17) is 9.72 Å². The highest BCUT2D eigenvalue weighted by atomic mass is 32.2. The second-order valence-electron chi connectivity index (χ2n) is 8.98. The molecule has 0 bridgehead atoms. The van der Waals surface area contributed by atoms with Crippen molar-refractivity contribution in [2.45, 2.75) is 26.8 Å². The molecule has 1 unspecified atom stereocenters. The van der Waals surface area contributed by atoms with Crippen molar-refractivity contribution in [3.63, 3.8) is 0 Å². The highest BCUT2D eigenvalue weighted by Crippen LogP contribution is 2.37. The van der Waals surface area contributed by atoms with Gasteiger partial charge in [0.1, 0.15) is 11.3 Å². The first-order valence-corrected chi connectivity index (χ1v) is 14.4. The summed E-state index contributed by atoms with van der Waals surface area (Å²) in [5, 5.41) is 1.79. The number of carbonyl (C=O) groups is 2. The van der Waals surface area contributed by atoms with Crippen LogP contribution in [0.15, 0.2) is 72.1 Å². The van der Waals surface area contributed by atoms with Crippen molar-refractivity contribution >= 4 is 51.3 Å². The number of fused-ring (bicyclic) bond motifs is 1. The largest absolute Gasteiger partial charge is 0.464 e. The molecule has 3 heterocycles. The zero-order chi connectivity index (χ0) is 28.4. The van der Waals surface area contributed by atoms with E-state index in [1.54, 1.807) is 47.8 Å². The average molecular weight is 575 g/mol. The van der Waals surface area contributed by atoms with Gasteiger partial charge < -0.3 is 9.30 Å². The number of aromatic nitrogens is 3. The fourth-order valence-corrected chi connectivity index (χ4v) is 6.03. The van der Waals surface area contributed by atoms with Gasteiger partial charge in [-0.1, -0.05) is 49.4 Å². The van der Waals surface area contributed by atoms with Gasteiger partial charge in [0.15, 0.2) is 11.3 Å². The zero-order valence-corrected chi connectivity index (χ0v) is 23.7. The van der Waals surface area contributed by atoms with Crippen LogP contribution in [0.25, 0.3) is 21.6 Å². The molecule has 40 heavy (non-hydrogen) atoms. The molecule has 0 aliphatic heterocycles. The topological polar surface area (TPSA) is 115 Å². The summed E-state index contributed by atoms with van der Waals surface area (Å²) >= 11 is -1.18. The standard InChI is InChI=1S/C29H26N4O5S2/c1-4-24-31-25-18(2)16-22(29(35)38-3)30-27(25)32(24)17-19-10-12-20(13-11-19)26-23(14-15-39-26)33(40(36)37)28(34)21-8-6-5-7-9-21/h5-16H,4,17H2,1-3H3,(H,36,37). The third kappa shape index (κ3) is 5.18. The number of anilines is 1. The molecule has 0 saturated carbocycles. The van der Waals surface area contributed by atoms with Crippen LogP contribution in [0.1, 0.15) is 44.7 Å². The lowest BCUT2D eigenvalue weighted by atomic mass is 10.1. The summed E-state index contributed by atoms with van der Waals surface area (Å²) in [5.74, 6) is -0.223. The molecular formula is C29H26N4O5S2. The summed E-state index contributed by atoms with van der Waals surface area (Å²) in [6.07, 6.45) is 0.684. The van der Waals surface area contributed by atoms with Crippen molar-refractivity contribution in [1.29, 1.82) is 0 Å². The highest BCUT2D eigenvalue weighted by molar-refractivity contribution is 7.81. The Kier molecular flexibility index (Phi) is 7.88. The van der Waals surface area contributed by atoms with E-state index >= 15 is 0 Å². The zero-order valence-electron chi connectivity index (χ0n) is 22.0. The van der Waals surface area contributed by atoms with E-state index < -0.39 is 23.1 Å². The number of esters is 1. The van der Waals surface area contributed by atoms with Gasteiger partial charge in [-0.15, -0.1) is 11.3 Å². The van der Waals surface area contributed by atoms with Crippen LogP contribution in [0.3, 0.4) is 0 Å². The molecule has 9 nitrogen and oxygen atoms in total. The third-order valence-corrected chi connectivity index (χ3v) is 8.09. The predicted molar refractivity (Wildman–Crippen MR) is 156 cm³/mol. The number of carbonyl (C=O) groups excluding carboxylic acids is 2. The maximum Gasteiger partial charge on any atom is 0.356 e. The van der Waals surface area contributed by atoms with Gasteiger partial charge in [0.25, 0.3) is 17.2 Å². The summed E-state index contributed by atoms with van der Waals surface area (Å²) in [4.78, 5) is 35.3. The first kappa shape index (κ1) is 27.4. The van der Waals surface area contributed by atoms with E-state index in [1.807, 2.05) is 42.7 Å². The molecule has 1 atom stereocenters. The van der Waals surface area contributed by atoms with Gasteiger partial charge >= 0.3 is 5.97 Å². The maximum absolute atomic E-state index is 13.1. The molecule has 5 aromatic rings. The van der Waals surface area contributed by atoms with Crippen molar-refractivity contribution in [3.8, 4) is 10.4 Å². The van der Waals surface area contributed by atoms with Crippen LogP contribution in [0, 0.1) is 6.92 Å². The Balaban J connectivity index is 1.47. The van der Waals surface area contributed by atoms with Gasteiger partial charge in [-0.2, -0.15) is 0 Å². The SMILES string of the molecule is CCc1nc2c(C)cc(C(=O)OC)nc2n1Cc1ccc(-c2sccc2N(C(=O)c2ccccc2)S(=O)O)cc1. The van der Waals surface area contributed by atoms with Crippen molar-refractivity contribution in [2.24, 2.45) is 0 Å². The Morgan fingerprint density at radius 2 is 1.80 bits per heavy atom. The molecule has 0 radical (unpaired) electrons. The molecule has 5 rings (SSSR count). The van der Waals surface area contributed by atoms with Crippen LogP contribution >= 0.6 is 11.3 Å². The number of hydrogen-bond donors (Lipinski definition) is 1. The Bertz CT molecular complexity index is 1730. The smallest absolute Gasteiger partial charge is 0.356 e. The first-order chi connectivity index (χ1) is 19.3. The number of benzene rings is 2. The number of hydrogen-bond acceptors (Lipinski definition) is 7. The molecule has 3 aromatic heterocycles. The molecular weight excluding hydrogens is 548 g/mol. The number of methoxy groups -OCH3 is 1. The minimum absolute atomic E-state index is 0.229. The van der Waals surface area contributed by atoms with Gasteiger partial charge in [-0.25, -0.2) is 23.3 Å². The van der Waals surface area contributed by atoms with Crippen LogP contribution in [-0.4, -0.2) is 42.3 Å². The highest BCUT2D eigenvalue weighted by Gasteiger charge is 2.26. The number of nitrogens with zero attached hydrogens (tertiary/aromatic N) is 4. The van der Waals surface area contributed by atoms with Crippen LogP contribution in [-0.2, 0) is 29.0 Å². The molecule has 0 fully saturated rings. The number of pyridine rings is 1. The number of ether oxygens (including phenoxy) is 1. The average Bonchev–Trinajstić information content (AvgIpc) is 3.58. The van der Waals surface area contributed by atoms with E-state index in [2.05, 4.69) is 4.98 Å². The van der Waals surface area contributed by atoms with Gasteiger partial charge in [0.05, 0.1) is 24.2 Å². The second kappa shape index (κ2) is 11.5. The summed E-state index contributed by atoms with van der Waals surface area (Å²) < 4.78 is 30.1. The second-order valence-corrected chi connectivity index (χ2v) is 10.7. The van der Waals surface area contributed by atoms with Gasteiger partial charge in [0, 0.05) is 12.0 Å². The molecule has 1 N–H and O–H groups in total. The van der Waals surface area contributed by atoms with Crippen molar-refractivity contribution in [1.82, 2.24) is 14.5 Å². The monoisotopic (exact) mass is 574 g/mol. The third-order valence-electron chi connectivity index (χ3n) is 6.47. The van der Waals surface area contributed by atoms with Crippen molar-refractivity contribution < 1.29 is 23.1 Å².